The van der Waals surface area contributed by atoms with Gasteiger partial charge in [-0.15, -0.1) is 0 Å². The zero-order valence-electron chi connectivity index (χ0n) is 9.52. The molecule has 0 unspecified atom stereocenters. The second-order valence-electron chi connectivity index (χ2n) is 4.30. The Labute approximate surface area is 95.6 Å². The maximum Gasteiger partial charge on any atom is 0.303 e. The number of nitrogens with two attached hydrogens (primary N) is 1. The fourth-order valence-electron chi connectivity index (χ4n) is 2.08. The number of carbonyl (C=O) groups excluding carboxylic acids is 1. The number of hydrogen-bond donors (Lipinski definition) is 2. The fraction of sp³-hybridized carbons (Fsp3) is 0.818. The highest BCUT2D eigenvalue weighted by atomic mass is 16.4. The van der Waals surface area contributed by atoms with E-state index in [-0.39, 0.29) is 12.3 Å². The van der Waals surface area contributed by atoms with Crippen LogP contribution >= 0.6 is 0 Å². The van der Waals surface area contributed by atoms with Gasteiger partial charge < -0.3 is 15.7 Å². The first kappa shape index (κ1) is 13.0. The number of carboxylic acids is 1. The molecule has 0 aromatic carbocycles. The Kier molecular flexibility index (Phi) is 5.25. The summed E-state index contributed by atoms with van der Waals surface area (Å²) in [6, 6.07) is 0. The molecule has 1 rings (SSSR count). The molecule has 0 saturated carbocycles. The monoisotopic (exact) mass is 228 g/mol. The van der Waals surface area contributed by atoms with Gasteiger partial charge in [0.2, 0.25) is 5.91 Å². The van der Waals surface area contributed by atoms with Crippen LogP contribution in [0.2, 0.25) is 0 Å². The van der Waals surface area contributed by atoms with Gasteiger partial charge in [-0.3, -0.25) is 9.59 Å². The SMILES string of the molecule is NCCC(=O)N1CCC(CCC(=O)O)CC1. The van der Waals surface area contributed by atoms with Gasteiger partial charge in [0.25, 0.3) is 0 Å². The van der Waals surface area contributed by atoms with Crippen LogP contribution in [0.25, 0.3) is 0 Å². The maximum absolute atomic E-state index is 11.5. The third kappa shape index (κ3) is 4.18. The number of amides is 1. The highest BCUT2D eigenvalue weighted by molar-refractivity contribution is 5.76. The number of rotatable bonds is 5. The molecule has 3 N–H and O–H groups in total. The predicted molar refractivity (Wildman–Crippen MR) is 59.8 cm³/mol. The summed E-state index contributed by atoms with van der Waals surface area (Å²) in [4.78, 5) is 23.8. The first-order valence-corrected chi connectivity index (χ1v) is 5.83. The molecule has 0 aliphatic carbocycles. The van der Waals surface area contributed by atoms with Crippen LogP contribution in [0.4, 0.5) is 0 Å². The van der Waals surface area contributed by atoms with E-state index in [2.05, 4.69) is 0 Å². The quantitative estimate of drug-likeness (QED) is 0.715. The summed E-state index contributed by atoms with van der Waals surface area (Å²) in [5.74, 6) is -0.154. The van der Waals surface area contributed by atoms with Crippen molar-refractivity contribution >= 4 is 11.9 Å². The lowest BCUT2D eigenvalue weighted by molar-refractivity contribution is -0.138. The molecule has 5 nitrogen and oxygen atoms in total. The molecule has 16 heavy (non-hydrogen) atoms. The standard InChI is InChI=1S/C11H20N2O3/c12-6-3-10(14)13-7-4-9(5-8-13)1-2-11(15)16/h9H,1-8,12H2,(H,15,16). The summed E-state index contributed by atoms with van der Waals surface area (Å²) in [5.41, 5.74) is 5.33. The third-order valence-electron chi connectivity index (χ3n) is 3.09. The van der Waals surface area contributed by atoms with Gasteiger partial charge >= 0.3 is 5.97 Å². The van der Waals surface area contributed by atoms with Crippen LogP contribution in [0.5, 0.6) is 0 Å². The molecule has 0 spiro atoms. The summed E-state index contributed by atoms with van der Waals surface area (Å²) in [5, 5.41) is 8.58. The lowest BCUT2D eigenvalue weighted by atomic mass is 9.92. The van der Waals surface area contributed by atoms with Gasteiger partial charge in [-0.2, -0.15) is 0 Å². The van der Waals surface area contributed by atoms with Crippen LogP contribution in [0.3, 0.4) is 0 Å². The van der Waals surface area contributed by atoms with Crippen molar-refractivity contribution in [1.82, 2.24) is 4.90 Å². The van der Waals surface area contributed by atoms with E-state index < -0.39 is 5.97 Å². The Morgan fingerprint density at radius 1 is 1.25 bits per heavy atom. The van der Waals surface area contributed by atoms with Crippen molar-refractivity contribution in [3.63, 3.8) is 0 Å². The Morgan fingerprint density at radius 2 is 1.88 bits per heavy atom. The fourth-order valence-corrected chi connectivity index (χ4v) is 2.08. The summed E-state index contributed by atoms with van der Waals surface area (Å²) < 4.78 is 0. The van der Waals surface area contributed by atoms with Gasteiger partial charge in [-0.25, -0.2) is 0 Å². The van der Waals surface area contributed by atoms with E-state index in [0.29, 0.717) is 18.9 Å². The van der Waals surface area contributed by atoms with E-state index in [9.17, 15) is 9.59 Å². The lowest BCUT2D eigenvalue weighted by Gasteiger charge is -2.31. The molecular weight excluding hydrogens is 208 g/mol. The first-order chi connectivity index (χ1) is 7.63. The van der Waals surface area contributed by atoms with Gasteiger partial charge in [0, 0.05) is 32.5 Å². The van der Waals surface area contributed by atoms with Crippen LogP contribution < -0.4 is 5.73 Å². The van der Waals surface area contributed by atoms with Crippen LogP contribution in [0.1, 0.15) is 32.1 Å². The Morgan fingerprint density at radius 3 is 2.38 bits per heavy atom. The zero-order chi connectivity index (χ0) is 12.0. The molecule has 0 bridgehead atoms. The first-order valence-electron chi connectivity index (χ1n) is 5.83. The topological polar surface area (TPSA) is 83.6 Å². The number of hydrogen-bond acceptors (Lipinski definition) is 3. The summed E-state index contributed by atoms with van der Waals surface area (Å²) >= 11 is 0. The molecule has 0 aromatic rings. The van der Waals surface area contributed by atoms with Gasteiger partial charge in [-0.05, 0) is 25.2 Å². The highest BCUT2D eigenvalue weighted by Crippen LogP contribution is 2.22. The van der Waals surface area contributed by atoms with E-state index in [4.69, 9.17) is 10.8 Å². The minimum Gasteiger partial charge on any atom is -0.481 e. The molecule has 1 saturated heterocycles. The Hall–Kier alpha value is -1.10. The molecule has 0 atom stereocenters. The van der Waals surface area contributed by atoms with E-state index in [1.165, 1.54) is 0 Å². The Balaban J connectivity index is 2.23. The maximum atomic E-state index is 11.5. The van der Waals surface area contributed by atoms with Crippen LogP contribution in [-0.2, 0) is 9.59 Å². The number of nitrogens with zero attached hydrogens (tertiary/aromatic N) is 1. The van der Waals surface area contributed by atoms with Gasteiger partial charge in [0.15, 0.2) is 0 Å². The molecule has 1 amide bonds. The van der Waals surface area contributed by atoms with Crippen molar-refractivity contribution in [2.24, 2.45) is 11.7 Å². The molecule has 1 fully saturated rings. The van der Waals surface area contributed by atoms with Crippen molar-refractivity contribution in [2.75, 3.05) is 19.6 Å². The summed E-state index contributed by atoms with van der Waals surface area (Å²) in [6.07, 6.45) is 3.22. The van der Waals surface area contributed by atoms with Crippen molar-refractivity contribution in [1.29, 1.82) is 0 Å². The molecule has 5 heteroatoms. The molecule has 1 heterocycles. The van der Waals surface area contributed by atoms with Crippen molar-refractivity contribution in [2.45, 2.75) is 32.1 Å². The number of carboxylic acid groups (broad SMARTS) is 1. The van der Waals surface area contributed by atoms with Crippen LogP contribution in [-0.4, -0.2) is 41.5 Å². The normalized spacial score (nSPS) is 17.4. The van der Waals surface area contributed by atoms with E-state index in [1.54, 1.807) is 0 Å². The van der Waals surface area contributed by atoms with E-state index in [0.717, 1.165) is 32.4 Å². The predicted octanol–water partition coefficient (Wildman–Crippen LogP) is 0.439. The summed E-state index contributed by atoms with van der Waals surface area (Å²) in [7, 11) is 0. The second-order valence-corrected chi connectivity index (χ2v) is 4.30. The number of aliphatic carboxylic acids is 1. The number of carbonyl (C=O) groups is 2. The largest absolute Gasteiger partial charge is 0.481 e. The van der Waals surface area contributed by atoms with Crippen molar-refractivity contribution in [3.05, 3.63) is 0 Å². The molecular formula is C11H20N2O3. The molecule has 0 radical (unpaired) electrons. The molecule has 0 aromatic heterocycles. The number of likely N-dealkylation sites (tertiary alicyclic amines) is 1. The Bertz CT molecular complexity index is 248. The van der Waals surface area contributed by atoms with Gasteiger partial charge in [-0.1, -0.05) is 0 Å². The minimum absolute atomic E-state index is 0.124. The van der Waals surface area contributed by atoms with Gasteiger partial charge in [0.05, 0.1) is 0 Å². The molecule has 1 aliphatic heterocycles. The second kappa shape index (κ2) is 6.48. The smallest absolute Gasteiger partial charge is 0.303 e. The van der Waals surface area contributed by atoms with Crippen LogP contribution in [0.15, 0.2) is 0 Å². The van der Waals surface area contributed by atoms with E-state index >= 15 is 0 Å². The van der Waals surface area contributed by atoms with Crippen molar-refractivity contribution in [3.8, 4) is 0 Å². The van der Waals surface area contributed by atoms with E-state index in [1.807, 2.05) is 4.90 Å². The van der Waals surface area contributed by atoms with Crippen LogP contribution in [0, 0.1) is 5.92 Å². The lowest BCUT2D eigenvalue weighted by Crippen LogP contribution is -2.39. The summed E-state index contributed by atoms with van der Waals surface area (Å²) in [6.45, 7) is 1.91. The van der Waals surface area contributed by atoms with Crippen molar-refractivity contribution < 1.29 is 14.7 Å². The molecule has 92 valence electrons. The van der Waals surface area contributed by atoms with Gasteiger partial charge in [0.1, 0.15) is 0 Å². The average Bonchev–Trinajstić information content (AvgIpc) is 2.27. The number of piperidine rings is 1. The molecule has 1 aliphatic rings. The minimum atomic E-state index is -0.735. The zero-order valence-corrected chi connectivity index (χ0v) is 9.52. The highest BCUT2D eigenvalue weighted by Gasteiger charge is 2.22. The average molecular weight is 228 g/mol. The third-order valence-corrected chi connectivity index (χ3v) is 3.09.